The summed E-state index contributed by atoms with van der Waals surface area (Å²) in [6.45, 7) is 0.426. The molecule has 0 aliphatic rings. The van der Waals surface area contributed by atoms with Crippen molar-refractivity contribution in [3.05, 3.63) is 53.3 Å². The van der Waals surface area contributed by atoms with E-state index < -0.39 is 5.97 Å². The molecule has 0 aliphatic heterocycles. The van der Waals surface area contributed by atoms with Crippen molar-refractivity contribution in [2.24, 2.45) is 0 Å². The number of carboxylic acid groups (broad SMARTS) is 1. The number of hydrogen-bond donors (Lipinski definition) is 2. The van der Waals surface area contributed by atoms with Gasteiger partial charge in [0.1, 0.15) is 0 Å². The molecular weight excluding hydrogens is 330 g/mol. The maximum absolute atomic E-state index is 12.1. The molecule has 6 nitrogen and oxygen atoms in total. The van der Waals surface area contributed by atoms with E-state index in [9.17, 15) is 9.59 Å². The maximum Gasteiger partial charge on any atom is 0.303 e. The summed E-state index contributed by atoms with van der Waals surface area (Å²) in [4.78, 5) is 23.0. The molecule has 1 amide bonds. The highest BCUT2D eigenvalue weighted by atomic mass is 35.5. The third-order valence-corrected chi connectivity index (χ3v) is 3.76. The van der Waals surface area contributed by atoms with Gasteiger partial charge in [0.05, 0.1) is 11.2 Å². The molecule has 0 spiro atoms. The largest absolute Gasteiger partial charge is 0.481 e. The molecule has 1 aromatic carbocycles. The Balaban J connectivity index is 1.88. The summed E-state index contributed by atoms with van der Waals surface area (Å²) in [6, 6.07) is 9.48. The minimum absolute atomic E-state index is 0.0204. The monoisotopic (exact) mass is 349 g/mol. The number of carboxylic acids is 1. The number of rotatable bonds is 9. The van der Waals surface area contributed by atoms with Gasteiger partial charge in [-0.25, -0.2) is 0 Å². The third-order valence-electron chi connectivity index (χ3n) is 3.57. The van der Waals surface area contributed by atoms with Gasteiger partial charge in [-0.05, 0) is 18.4 Å². The third kappa shape index (κ3) is 6.42. The van der Waals surface area contributed by atoms with E-state index in [-0.39, 0.29) is 24.8 Å². The summed E-state index contributed by atoms with van der Waals surface area (Å²) >= 11 is 5.78. The van der Waals surface area contributed by atoms with E-state index in [1.807, 2.05) is 30.3 Å². The minimum Gasteiger partial charge on any atom is -0.481 e. The van der Waals surface area contributed by atoms with Crippen molar-refractivity contribution in [1.82, 2.24) is 15.1 Å². The van der Waals surface area contributed by atoms with Crippen LogP contribution in [-0.4, -0.2) is 32.8 Å². The first-order valence-electron chi connectivity index (χ1n) is 7.76. The van der Waals surface area contributed by atoms with E-state index in [2.05, 4.69) is 10.4 Å². The average molecular weight is 350 g/mol. The first kappa shape index (κ1) is 18.0. The van der Waals surface area contributed by atoms with Crippen molar-refractivity contribution in [3.8, 4) is 0 Å². The number of benzene rings is 1. The van der Waals surface area contributed by atoms with Gasteiger partial charge >= 0.3 is 5.97 Å². The second-order valence-electron chi connectivity index (χ2n) is 5.56. The van der Waals surface area contributed by atoms with E-state index in [1.54, 1.807) is 10.9 Å². The first-order valence-corrected chi connectivity index (χ1v) is 8.14. The number of aliphatic carboxylic acids is 1. The minimum atomic E-state index is -0.867. The molecule has 7 heteroatoms. The molecule has 24 heavy (non-hydrogen) atoms. The van der Waals surface area contributed by atoms with Gasteiger partial charge in [0.2, 0.25) is 5.91 Å². The smallest absolute Gasteiger partial charge is 0.303 e. The number of aromatic nitrogens is 2. The first-order chi connectivity index (χ1) is 11.5. The van der Waals surface area contributed by atoms with E-state index in [1.165, 1.54) is 6.20 Å². The van der Waals surface area contributed by atoms with Gasteiger partial charge in [-0.2, -0.15) is 5.10 Å². The number of aryl methyl sites for hydroxylation is 1. The molecule has 0 bridgehead atoms. The van der Waals surface area contributed by atoms with Gasteiger partial charge in [0.25, 0.3) is 0 Å². The highest BCUT2D eigenvalue weighted by Gasteiger charge is 2.15. The Hall–Kier alpha value is -2.34. The zero-order valence-electron chi connectivity index (χ0n) is 13.2. The quantitative estimate of drug-likeness (QED) is 0.728. The predicted molar refractivity (Wildman–Crippen MR) is 90.8 cm³/mol. The topological polar surface area (TPSA) is 84.2 Å². The predicted octanol–water partition coefficient (Wildman–Crippen LogP) is 2.52. The van der Waals surface area contributed by atoms with Gasteiger partial charge in [0, 0.05) is 31.6 Å². The second kappa shape index (κ2) is 9.08. The molecule has 2 rings (SSSR count). The molecule has 1 heterocycles. The van der Waals surface area contributed by atoms with Crippen molar-refractivity contribution in [1.29, 1.82) is 0 Å². The Morgan fingerprint density at radius 3 is 2.62 bits per heavy atom. The van der Waals surface area contributed by atoms with Crippen LogP contribution in [0.3, 0.4) is 0 Å². The fourth-order valence-corrected chi connectivity index (χ4v) is 2.55. The Kier molecular flexibility index (Phi) is 6.81. The molecule has 1 aromatic heterocycles. The lowest BCUT2D eigenvalue weighted by atomic mass is 10.0. The van der Waals surface area contributed by atoms with Crippen molar-refractivity contribution in [2.45, 2.75) is 38.3 Å². The van der Waals surface area contributed by atoms with Gasteiger partial charge in [-0.15, -0.1) is 0 Å². The number of carbonyl (C=O) groups excluding carboxylic acids is 1. The molecule has 0 aliphatic carbocycles. The van der Waals surface area contributed by atoms with Crippen LogP contribution in [0.1, 0.15) is 24.8 Å². The molecule has 128 valence electrons. The molecular formula is C17H20ClN3O3. The van der Waals surface area contributed by atoms with Crippen molar-refractivity contribution in [2.75, 3.05) is 0 Å². The number of carbonyl (C=O) groups is 2. The summed E-state index contributed by atoms with van der Waals surface area (Å²) < 4.78 is 1.60. The molecule has 0 saturated carbocycles. The number of hydrogen-bond acceptors (Lipinski definition) is 3. The molecule has 0 fully saturated rings. The summed E-state index contributed by atoms with van der Waals surface area (Å²) in [6.07, 6.45) is 4.45. The van der Waals surface area contributed by atoms with Crippen LogP contribution >= 0.6 is 11.6 Å². The maximum atomic E-state index is 12.1. The van der Waals surface area contributed by atoms with Crippen LogP contribution in [-0.2, 0) is 22.6 Å². The van der Waals surface area contributed by atoms with Gasteiger partial charge < -0.3 is 10.4 Å². The van der Waals surface area contributed by atoms with Crippen LogP contribution in [0, 0.1) is 0 Å². The Labute approximate surface area is 145 Å². The van der Waals surface area contributed by atoms with Crippen molar-refractivity contribution < 1.29 is 14.7 Å². The SMILES string of the molecule is O=C(O)CCC(Cc1ccccc1)NC(=O)CCn1cc(Cl)cn1. The Bertz CT molecular complexity index is 673. The average Bonchev–Trinajstić information content (AvgIpc) is 2.97. The van der Waals surface area contributed by atoms with Crippen molar-refractivity contribution in [3.63, 3.8) is 0 Å². The fourth-order valence-electron chi connectivity index (χ4n) is 2.40. The van der Waals surface area contributed by atoms with E-state index in [4.69, 9.17) is 16.7 Å². The van der Waals surface area contributed by atoms with Gasteiger partial charge in [-0.1, -0.05) is 41.9 Å². The molecule has 2 N–H and O–H groups in total. The zero-order valence-corrected chi connectivity index (χ0v) is 13.9. The summed E-state index contributed by atoms with van der Waals surface area (Å²) in [5, 5.41) is 16.3. The normalized spacial score (nSPS) is 11.9. The van der Waals surface area contributed by atoms with Crippen LogP contribution in [0.2, 0.25) is 5.02 Å². The van der Waals surface area contributed by atoms with Crippen molar-refractivity contribution >= 4 is 23.5 Å². The van der Waals surface area contributed by atoms with E-state index >= 15 is 0 Å². The highest BCUT2D eigenvalue weighted by molar-refractivity contribution is 6.30. The van der Waals surface area contributed by atoms with Crippen LogP contribution in [0.5, 0.6) is 0 Å². The van der Waals surface area contributed by atoms with Gasteiger partial charge in [0.15, 0.2) is 0 Å². The molecule has 1 unspecified atom stereocenters. The lowest BCUT2D eigenvalue weighted by Crippen LogP contribution is -2.37. The highest BCUT2D eigenvalue weighted by Crippen LogP contribution is 2.09. The summed E-state index contributed by atoms with van der Waals surface area (Å²) in [7, 11) is 0. The number of amides is 1. The standard InChI is InChI=1S/C17H20ClN3O3/c18-14-11-19-21(12-14)9-8-16(22)20-15(6-7-17(23)24)10-13-4-2-1-3-5-13/h1-5,11-12,15H,6-10H2,(H,20,22)(H,23,24). The van der Waals surface area contributed by atoms with Crippen LogP contribution < -0.4 is 5.32 Å². The molecule has 0 saturated heterocycles. The summed E-state index contributed by atoms with van der Waals surface area (Å²) in [5.74, 6) is -0.999. The summed E-state index contributed by atoms with van der Waals surface area (Å²) in [5.41, 5.74) is 1.06. The zero-order chi connectivity index (χ0) is 17.4. The lowest BCUT2D eigenvalue weighted by molar-refractivity contribution is -0.137. The van der Waals surface area contributed by atoms with E-state index in [0.717, 1.165) is 5.56 Å². The Morgan fingerprint density at radius 2 is 2.00 bits per heavy atom. The fraction of sp³-hybridized carbons (Fsp3) is 0.353. The van der Waals surface area contributed by atoms with E-state index in [0.29, 0.717) is 24.4 Å². The lowest BCUT2D eigenvalue weighted by Gasteiger charge is -2.18. The van der Waals surface area contributed by atoms with Crippen LogP contribution in [0.25, 0.3) is 0 Å². The van der Waals surface area contributed by atoms with Crippen LogP contribution in [0.4, 0.5) is 0 Å². The second-order valence-corrected chi connectivity index (χ2v) is 5.99. The van der Waals surface area contributed by atoms with Gasteiger partial charge in [-0.3, -0.25) is 14.3 Å². The molecule has 1 atom stereocenters. The Morgan fingerprint density at radius 1 is 1.25 bits per heavy atom. The molecule has 0 radical (unpaired) electrons. The van der Waals surface area contributed by atoms with Crippen LogP contribution in [0.15, 0.2) is 42.7 Å². The number of halogens is 1. The number of nitrogens with zero attached hydrogens (tertiary/aromatic N) is 2. The number of nitrogens with one attached hydrogen (secondary N) is 1. The molecule has 2 aromatic rings.